The van der Waals surface area contributed by atoms with E-state index in [1.807, 2.05) is 13.0 Å². The maximum Gasteiger partial charge on any atom is 0.274 e. The highest BCUT2D eigenvalue weighted by molar-refractivity contribution is 5.90. The predicted molar refractivity (Wildman–Crippen MR) is 72.6 cm³/mol. The summed E-state index contributed by atoms with van der Waals surface area (Å²) in [5.41, 5.74) is 1.01. The zero-order valence-electron chi connectivity index (χ0n) is 11.0. The smallest absolute Gasteiger partial charge is 0.274 e. The Kier molecular flexibility index (Phi) is 4.18. The summed E-state index contributed by atoms with van der Waals surface area (Å²) in [4.78, 5) is 11.9. The lowest BCUT2D eigenvalue weighted by atomic mass is 9.86. The number of allylic oxidation sites excluding steroid dienone is 2. The summed E-state index contributed by atoms with van der Waals surface area (Å²) in [5, 5.41) is 8.29. The Morgan fingerprint density at radius 2 is 2.22 bits per heavy atom. The fourth-order valence-electron chi connectivity index (χ4n) is 2.73. The quantitative estimate of drug-likeness (QED) is 0.779. The summed E-state index contributed by atoms with van der Waals surface area (Å²) in [7, 11) is 0. The van der Waals surface area contributed by atoms with Crippen LogP contribution < -0.4 is 5.32 Å². The van der Waals surface area contributed by atoms with E-state index in [0.29, 0.717) is 11.7 Å². The molecule has 0 bridgehead atoms. The van der Waals surface area contributed by atoms with Crippen molar-refractivity contribution in [3.63, 3.8) is 0 Å². The number of hydrogen-bond donors (Lipinski definition) is 1. The zero-order valence-corrected chi connectivity index (χ0v) is 11.0. The number of hydrogen-bond acceptors (Lipinski definition) is 3. The number of nitrogens with one attached hydrogen (secondary N) is 1. The van der Waals surface area contributed by atoms with Gasteiger partial charge in [0.15, 0.2) is 0 Å². The van der Waals surface area contributed by atoms with Gasteiger partial charge in [0, 0.05) is 18.5 Å². The number of carbonyl (C=O) groups is 1. The molecule has 0 aromatic rings. The molecule has 1 N–H and O–H groups in total. The lowest BCUT2D eigenvalue weighted by Crippen LogP contribution is -2.37. The first-order valence-electron chi connectivity index (χ1n) is 6.69. The number of amides is 1. The maximum atomic E-state index is 11.9. The molecule has 2 aliphatic rings. The van der Waals surface area contributed by atoms with Gasteiger partial charge in [0.2, 0.25) is 0 Å². The van der Waals surface area contributed by atoms with Gasteiger partial charge in [-0.15, -0.1) is 0 Å². The van der Waals surface area contributed by atoms with Gasteiger partial charge in [-0.1, -0.05) is 32.1 Å². The minimum absolute atomic E-state index is 0.109. The summed E-state index contributed by atoms with van der Waals surface area (Å²) >= 11 is 0. The number of hydrazone groups is 1. The number of rotatable bonds is 3. The second-order valence-corrected chi connectivity index (χ2v) is 4.97. The third-order valence-electron chi connectivity index (χ3n) is 3.67. The Morgan fingerprint density at radius 3 is 2.83 bits per heavy atom. The van der Waals surface area contributed by atoms with Crippen molar-refractivity contribution in [1.29, 1.82) is 0 Å². The van der Waals surface area contributed by atoms with E-state index in [1.54, 1.807) is 6.08 Å². The Hall–Kier alpha value is -1.58. The van der Waals surface area contributed by atoms with Crippen LogP contribution in [0.1, 0.15) is 45.4 Å². The fraction of sp³-hybridized carbons (Fsp3) is 0.571. The van der Waals surface area contributed by atoms with E-state index in [0.717, 1.165) is 12.1 Å². The lowest BCUT2D eigenvalue weighted by molar-refractivity contribution is -0.125. The maximum absolute atomic E-state index is 11.9. The van der Waals surface area contributed by atoms with Gasteiger partial charge in [0.25, 0.3) is 5.91 Å². The summed E-state index contributed by atoms with van der Waals surface area (Å²) in [6, 6.07) is 0. The predicted octanol–water partition coefficient (Wildman–Crippen LogP) is 2.75. The Bertz CT molecular complexity index is 392. The van der Waals surface area contributed by atoms with Gasteiger partial charge in [0.05, 0.1) is 0 Å². The van der Waals surface area contributed by atoms with Crippen LogP contribution in [0.4, 0.5) is 0 Å². The first-order chi connectivity index (χ1) is 8.74. The molecule has 0 aromatic carbocycles. The van der Waals surface area contributed by atoms with Crippen LogP contribution >= 0.6 is 0 Å². The van der Waals surface area contributed by atoms with E-state index in [9.17, 15) is 4.79 Å². The average Bonchev–Trinajstić information content (AvgIpc) is 2.39. The van der Waals surface area contributed by atoms with Crippen molar-refractivity contribution in [2.75, 3.05) is 0 Å². The van der Waals surface area contributed by atoms with E-state index in [2.05, 4.69) is 17.1 Å². The number of carbonyl (C=O) groups excluding carboxylic acids is 1. The first kappa shape index (κ1) is 12.9. The molecule has 0 unspecified atom stereocenters. The largest absolute Gasteiger partial charge is 0.344 e. The van der Waals surface area contributed by atoms with Crippen molar-refractivity contribution < 1.29 is 4.79 Å². The zero-order chi connectivity index (χ0) is 13.0. The van der Waals surface area contributed by atoms with E-state index in [4.69, 9.17) is 0 Å². The van der Waals surface area contributed by atoms with E-state index < -0.39 is 0 Å². The minimum atomic E-state index is -0.109. The standard InChI is InChI=1S/C14H21N3O/c1-3-13-16-12(10-14(18)17(13)15-2)9-11-7-5-4-6-8-11/h3,10-11,16H,2,4-9H2,1H3/b13-3-. The van der Waals surface area contributed by atoms with Gasteiger partial charge in [-0.2, -0.15) is 10.1 Å². The minimum Gasteiger partial charge on any atom is -0.344 e. The van der Waals surface area contributed by atoms with E-state index in [-0.39, 0.29) is 5.91 Å². The first-order valence-corrected chi connectivity index (χ1v) is 6.69. The second-order valence-electron chi connectivity index (χ2n) is 4.97. The normalized spacial score (nSPS) is 23.8. The van der Waals surface area contributed by atoms with E-state index >= 15 is 0 Å². The second kappa shape index (κ2) is 5.85. The SMILES string of the molecule is C=NN1C(=O)C=C(CC2CCCCC2)N/C1=C/C. The third-order valence-corrected chi connectivity index (χ3v) is 3.67. The highest BCUT2D eigenvalue weighted by atomic mass is 16.2. The Balaban J connectivity index is 2.05. The summed E-state index contributed by atoms with van der Waals surface area (Å²) in [6.07, 6.45) is 11.0. The van der Waals surface area contributed by atoms with Crippen LogP contribution in [0.25, 0.3) is 0 Å². The molecule has 18 heavy (non-hydrogen) atoms. The molecule has 98 valence electrons. The van der Waals surface area contributed by atoms with Crippen molar-refractivity contribution in [2.24, 2.45) is 11.0 Å². The molecular formula is C14H21N3O. The topological polar surface area (TPSA) is 44.7 Å². The molecule has 1 heterocycles. The molecule has 0 spiro atoms. The molecule has 4 nitrogen and oxygen atoms in total. The van der Waals surface area contributed by atoms with Crippen molar-refractivity contribution in [3.05, 3.63) is 23.7 Å². The number of nitrogens with zero attached hydrogens (tertiary/aromatic N) is 2. The molecule has 4 heteroatoms. The van der Waals surface area contributed by atoms with Crippen molar-refractivity contribution >= 4 is 12.6 Å². The monoisotopic (exact) mass is 247 g/mol. The van der Waals surface area contributed by atoms with Gasteiger partial charge in [0.1, 0.15) is 5.82 Å². The van der Waals surface area contributed by atoms with Crippen LogP contribution in [-0.2, 0) is 4.79 Å². The van der Waals surface area contributed by atoms with Crippen LogP contribution in [0.3, 0.4) is 0 Å². The van der Waals surface area contributed by atoms with Crippen LogP contribution in [0.5, 0.6) is 0 Å². The van der Waals surface area contributed by atoms with Crippen LogP contribution in [0, 0.1) is 5.92 Å². The van der Waals surface area contributed by atoms with Crippen molar-refractivity contribution in [1.82, 2.24) is 10.3 Å². The van der Waals surface area contributed by atoms with Crippen LogP contribution in [0.15, 0.2) is 28.8 Å². The molecule has 1 amide bonds. The van der Waals surface area contributed by atoms with Crippen molar-refractivity contribution in [2.45, 2.75) is 45.4 Å². The highest BCUT2D eigenvalue weighted by Gasteiger charge is 2.24. The van der Waals surface area contributed by atoms with Gasteiger partial charge in [-0.3, -0.25) is 4.79 Å². The molecule has 0 atom stereocenters. The molecular weight excluding hydrogens is 226 g/mol. The van der Waals surface area contributed by atoms with Gasteiger partial charge in [-0.05, 0) is 25.3 Å². The molecule has 0 aromatic heterocycles. The highest BCUT2D eigenvalue weighted by Crippen LogP contribution is 2.29. The lowest BCUT2D eigenvalue weighted by Gasteiger charge is -2.29. The Morgan fingerprint density at radius 1 is 1.50 bits per heavy atom. The summed E-state index contributed by atoms with van der Waals surface area (Å²) < 4.78 is 0. The molecule has 0 saturated heterocycles. The van der Waals surface area contributed by atoms with Crippen LogP contribution in [0.2, 0.25) is 0 Å². The summed E-state index contributed by atoms with van der Waals surface area (Å²) in [6.45, 7) is 5.30. The van der Waals surface area contributed by atoms with Crippen LogP contribution in [-0.4, -0.2) is 17.6 Å². The molecule has 2 rings (SSSR count). The molecule has 0 radical (unpaired) electrons. The summed E-state index contributed by atoms with van der Waals surface area (Å²) in [5.74, 6) is 1.32. The molecule has 1 aliphatic heterocycles. The fourth-order valence-corrected chi connectivity index (χ4v) is 2.73. The third kappa shape index (κ3) is 2.81. The molecule has 1 fully saturated rings. The van der Waals surface area contributed by atoms with Gasteiger partial charge < -0.3 is 5.32 Å². The van der Waals surface area contributed by atoms with Gasteiger partial charge in [-0.25, -0.2) is 0 Å². The Labute approximate surface area is 108 Å². The molecule has 1 aliphatic carbocycles. The average molecular weight is 247 g/mol. The van der Waals surface area contributed by atoms with E-state index in [1.165, 1.54) is 37.1 Å². The molecule has 1 saturated carbocycles. The van der Waals surface area contributed by atoms with Gasteiger partial charge >= 0.3 is 0 Å². The van der Waals surface area contributed by atoms with Crippen molar-refractivity contribution in [3.8, 4) is 0 Å².